The Bertz CT molecular complexity index is 1330. The Morgan fingerprint density at radius 1 is 0.971 bits per heavy atom. The van der Waals surface area contributed by atoms with Crippen LogP contribution in [0.3, 0.4) is 0 Å². The molecule has 3 aromatic rings. The van der Waals surface area contributed by atoms with Crippen molar-refractivity contribution >= 4 is 23.1 Å². The van der Waals surface area contributed by atoms with Crippen LogP contribution < -0.4 is 14.4 Å². The SMILES string of the molecule is COc1ccccc1C1/C(=C(\O)c2ccc(OC(C)C)c(C)c2)C(=O)C(=O)N1c1ccccc1O. The summed E-state index contributed by atoms with van der Waals surface area (Å²) in [7, 11) is 1.49. The first-order valence-corrected chi connectivity index (χ1v) is 11.2. The molecule has 2 N–H and O–H groups in total. The molecule has 4 rings (SSSR count). The average molecular weight is 474 g/mol. The van der Waals surface area contributed by atoms with Crippen molar-refractivity contribution in [1.82, 2.24) is 0 Å². The number of rotatable bonds is 6. The van der Waals surface area contributed by atoms with Crippen LogP contribution in [0.25, 0.3) is 5.76 Å². The molecule has 180 valence electrons. The Kier molecular flexibility index (Phi) is 6.51. The maximum Gasteiger partial charge on any atom is 0.300 e. The Balaban J connectivity index is 1.95. The van der Waals surface area contributed by atoms with E-state index in [1.165, 1.54) is 18.1 Å². The van der Waals surface area contributed by atoms with Crippen LogP contribution >= 0.6 is 0 Å². The first-order chi connectivity index (χ1) is 16.7. The quantitative estimate of drug-likeness (QED) is 0.293. The highest BCUT2D eigenvalue weighted by Crippen LogP contribution is 2.46. The molecule has 0 spiro atoms. The summed E-state index contributed by atoms with van der Waals surface area (Å²) in [5, 5.41) is 21.9. The molecular formula is C28H27NO6. The molecule has 0 saturated carbocycles. The average Bonchev–Trinajstić information content (AvgIpc) is 3.10. The molecule has 1 unspecified atom stereocenters. The number of phenolic OH excluding ortho intramolecular Hbond substituents is 1. The topological polar surface area (TPSA) is 96.3 Å². The van der Waals surface area contributed by atoms with Crippen LogP contribution in [0.15, 0.2) is 72.3 Å². The number of hydrogen-bond donors (Lipinski definition) is 2. The molecule has 7 heteroatoms. The third kappa shape index (κ3) is 4.33. The fourth-order valence-corrected chi connectivity index (χ4v) is 4.27. The molecule has 0 radical (unpaired) electrons. The van der Waals surface area contributed by atoms with Crippen molar-refractivity contribution in [3.63, 3.8) is 0 Å². The van der Waals surface area contributed by atoms with Crippen molar-refractivity contribution in [3.05, 3.63) is 89.0 Å². The summed E-state index contributed by atoms with van der Waals surface area (Å²) in [6.07, 6.45) is -0.0254. The van der Waals surface area contributed by atoms with Gasteiger partial charge in [-0.3, -0.25) is 14.5 Å². The molecule has 3 aromatic carbocycles. The molecule has 35 heavy (non-hydrogen) atoms. The standard InChI is InChI=1S/C28H27NO6/c1-16(2)35-22-14-13-18(15-17(22)3)26(31)24-25(19-9-5-8-12-23(19)34-4)29(28(33)27(24)32)20-10-6-7-11-21(20)30/h5-16,25,30-31H,1-4H3/b26-24+. The number of aryl methyl sites for hydroxylation is 1. The Morgan fingerprint density at radius 3 is 2.31 bits per heavy atom. The van der Waals surface area contributed by atoms with Gasteiger partial charge in [-0.1, -0.05) is 30.3 Å². The summed E-state index contributed by atoms with van der Waals surface area (Å²) < 4.78 is 11.3. The van der Waals surface area contributed by atoms with Crippen molar-refractivity contribution < 1.29 is 29.3 Å². The monoisotopic (exact) mass is 473 g/mol. The van der Waals surface area contributed by atoms with E-state index in [9.17, 15) is 19.8 Å². The smallest absolute Gasteiger partial charge is 0.300 e. The number of phenols is 1. The summed E-state index contributed by atoms with van der Waals surface area (Å²) in [6, 6.07) is 17.3. The molecular weight excluding hydrogens is 446 g/mol. The van der Waals surface area contributed by atoms with Gasteiger partial charge in [-0.25, -0.2) is 0 Å². The van der Waals surface area contributed by atoms with Crippen molar-refractivity contribution in [2.24, 2.45) is 0 Å². The number of Topliss-reactive ketones (excluding diaryl/α,β-unsaturated/α-hetero) is 1. The van der Waals surface area contributed by atoms with Gasteiger partial charge in [-0.2, -0.15) is 0 Å². The van der Waals surface area contributed by atoms with E-state index in [2.05, 4.69) is 0 Å². The molecule has 1 amide bonds. The fourth-order valence-electron chi connectivity index (χ4n) is 4.27. The van der Waals surface area contributed by atoms with Gasteiger partial charge in [0, 0.05) is 11.1 Å². The predicted molar refractivity (Wildman–Crippen MR) is 133 cm³/mol. The highest BCUT2D eigenvalue weighted by molar-refractivity contribution is 6.52. The van der Waals surface area contributed by atoms with E-state index < -0.39 is 17.7 Å². The molecule has 1 heterocycles. The van der Waals surface area contributed by atoms with Crippen LogP contribution in [-0.4, -0.2) is 35.1 Å². The van der Waals surface area contributed by atoms with Gasteiger partial charge >= 0.3 is 0 Å². The number of carbonyl (C=O) groups excluding carboxylic acids is 2. The number of aromatic hydroxyl groups is 1. The zero-order chi connectivity index (χ0) is 25.3. The van der Waals surface area contributed by atoms with E-state index >= 15 is 0 Å². The molecule has 1 fully saturated rings. The van der Waals surface area contributed by atoms with E-state index in [1.807, 2.05) is 20.8 Å². The zero-order valence-corrected chi connectivity index (χ0v) is 20.0. The number of aliphatic hydroxyl groups excluding tert-OH is 1. The molecule has 7 nitrogen and oxygen atoms in total. The lowest BCUT2D eigenvalue weighted by Crippen LogP contribution is -2.29. The Hall–Kier alpha value is -4.26. The Morgan fingerprint density at radius 2 is 1.66 bits per heavy atom. The zero-order valence-electron chi connectivity index (χ0n) is 20.0. The number of hydrogen-bond acceptors (Lipinski definition) is 6. The number of nitrogens with zero attached hydrogens (tertiary/aromatic N) is 1. The fraction of sp³-hybridized carbons (Fsp3) is 0.214. The molecule has 1 atom stereocenters. The second-order valence-corrected chi connectivity index (χ2v) is 8.55. The lowest BCUT2D eigenvalue weighted by atomic mass is 9.94. The molecule has 0 aliphatic carbocycles. The molecule has 1 aliphatic rings. The number of para-hydroxylation sites is 3. The third-order valence-corrected chi connectivity index (χ3v) is 5.83. The van der Waals surface area contributed by atoms with Gasteiger partial charge in [0.2, 0.25) is 0 Å². The lowest BCUT2D eigenvalue weighted by molar-refractivity contribution is -0.132. The molecule has 1 saturated heterocycles. The predicted octanol–water partition coefficient (Wildman–Crippen LogP) is 5.12. The second-order valence-electron chi connectivity index (χ2n) is 8.55. The van der Waals surface area contributed by atoms with E-state index in [1.54, 1.807) is 60.7 Å². The summed E-state index contributed by atoms with van der Waals surface area (Å²) in [4.78, 5) is 27.8. The van der Waals surface area contributed by atoms with E-state index in [-0.39, 0.29) is 28.9 Å². The number of anilines is 1. The maximum atomic E-state index is 13.3. The molecule has 0 aromatic heterocycles. The lowest BCUT2D eigenvalue weighted by Gasteiger charge is -2.27. The van der Waals surface area contributed by atoms with Gasteiger partial charge in [0.25, 0.3) is 11.7 Å². The third-order valence-electron chi connectivity index (χ3n) is 5.83. The van der Waals surface area contributed by atoms with Crippen molar-refractivity contribution in [2.45, 2.75) is 32.9 Å². The van der Waals surface area contributed by atoms with E-state index in [0.29, 0.717) is 22.6 Å². The van der Waals surface area contributed by atoms with Crippen LogP contribution in [0, 0.1) is 6.92 Å². The van der Waals surface area contributed by atoms with Crippen LogP contribution in [0.1, 0.15) is 36.6 Å². The minimum Gasteiger partial charge on any atom is -0.507 e. The van der Waals surface area contributed by atoms with Gasteiger partial charge in [-0.05, 0) is 62.7 Å². The minimum absolute atomic E-state index is 0.0254. The van der Waals surface area contributed by atoms with Crippen LogP contribution in [0.2, 0.25) is 0 Å². The summed E-state index contributed by atoms with van der Waals surface area (Å²) in [5.41, 5.74) is 1.69. The number of methoxy groups -OCH3 is 1. The normalized spacial score (nSPS) is 17.2. The molecule has 0 bridgehead atoms. The summed E-state index contributed by atoms with van der Waals surface area (Å²) in [5.74, 6) is -1.12. The number of ketones is 1. The van der Waals surface area contributed by atoms with E-state index in [4.69, 9.17) is 9.47 Å². The summed E-state index contributed by atoms with van der Waals surface area (Å²) >= 11 is 0. The van der Waals surface area contributed by atoms with Gasteiger partial charge < -0.3 is 19.7 Å². The number of ether oxygens (including phenoxy) is 2. The number of amides is 1. The minimum atomic E-state index is -1.02. The van der Waals surface area contributed by atoms with Crippen molar-refractivity contribution in [2.75, 3.05) is 12.0 Å². The maximum absolute atomic E-state index is 13.3. The summed E-state index contributed by atoms with van der Waals surface area (Å²) in [6.45, 7) is 5.68. The Labute approximate surface area is 203 Å². The number of carbonyl (C=O) groups is 2. The van der Waals surface area contributed by atoms with Crippen LogP contribution in [0.5, 0.6) is 17.2 Å². The first-order valence-electron chi connectivity index (χ1n) is 11.2. The van der Waals surface area contributed by atoms with Gasteiger partial charge in [0.1, 0.15) is 23.0 Å². The van der Waals surface area contributed by atoms with Gasteiger partial charge in [0.05, 0.1) is 30.5 Å². The number of aliphatic hydroxyl groups is 1. The van der Waals surface area contributed by atoms with E-state index in [0.717, 1.165) is 5.56 Å². The number of benzene rings is 3. The molecule has 1 aliphatic heterocycles. The van der Waals surface area contributed by atoms with Crippen molar-refractivity contribution in [1.29, 1.82) is 0 Å². The van der Waals surface area contributed by atoms with Crippen LogP contribution in [0.4, 0.5) is 5.69 Å². The highest BCUT2D eigenvalue weighted by atomic mass is 16.5. The van der Waals surface area contributed by atoms with Crippen molar-refractivity contribution in [3.8, 4) is 17.2 Å². The van der Waals surface area contributed by atoms with Crippen LogP contribution in [-0.2, 0) is 9.59 Å². The van der Waals surface area contributed by atoms with Gasteiger partial charge in [0.15, 0.2) is 0 Å². The first kappa shape index (κ1) is 23.9. The van der Waals surface area contributed by atoms with Gasteiger partial charge in [-0.15, -0.1) is 0 Å². The largest absolute Gasteiger partial charge is 0.507 e. The highest BCUT2D eigenvalue weighted by Gasteiger charge is 2.48. The second kappa shape index (κ2) is 9.54.